The fourth-order valence-corrected chi connectivity index (χ4v) is 5.33. The van der Waals surface area contributed by atoms with Crippen LogP contribution in [0.1, 0.15) is 58.8 Å². The molecule has 0 aromatic heterocycles. The number of carbonyl (C=O) groups excluding carboxylic acids is 2. The van der Waals surface area contributed by atoms with Crippen LogP contribution >= 0.6 is 0 Å². The van der Waals surface area contributed by atoms with Gasteiger partial charge in [0, 0.05) is 11.8 Å². The number of hydrogen-bond acceptors (Lipinski definition) is 2. The minimum absolute atomic E-state index is 0.139. The number of fused-ring (bicyclic) bond motifs is 3. The highest BCUT2D eigenvalue weighted by atomic mass is 16.1. The van der Waals surface area contributed by atoms with Crippen LogP contribution < -0.4 is 0 Å². The van der Waals surface area contributed by atoms with E-state index in [0.29, 0.717) is 24.0 Å². The maximum atomic E-state index is 11.6. The molecule has 104 valence electrons. The number of rotatable bonds is 1. The average Bonchev–Trinajstić information content (AvgIpc) is 2.38. The summed E-state index contributed by atoms with van der Waals surface area (Å²) in [5.74, 6) is 1.35. The van der Waals surface area contributed by atoms with E-state index in [0.717, 1.165) is 32.1 Å². The Bertz CT molecular complexity index is 450. The van der Waals surface area contributed by atoms with Gasteiger partial charge in [-0.25, -0.2) is 0 Å². The van der Waals surface area contributed by atoms with E-state index in [1.807, 2.05) is 6.08 Å². The summed E-state index contributed by atoms with van der Waals surface area (Å²) in [6.07, 6.45) is 10.4. The second-order valence-corrected chi connectivity index (χ2v) is 7.35. The van der Waals surface area contributed by atoms with E-state index in [2.05, 4.69) is 13.8 Å². The highest BCUT2D eigenvalue weighted by Crippen LogP contribution is 2.62. The van der Waals surface area contributed by atoms with E-state index in [-0.39, 0.29) is 10.8 Å². The van der Waals surface area contributed by atoms with E-state index in [4.69, 9.17) is 0 Å². The molecule has 0 amide bonds. The molecule has 4 atom stereocenters. The molecule has 0 aromatic carbocycles. The fourth-order valence-electron chi connectivity index (χ4n) is 5.33. The Morgan fingerprint density at radius 2 is 2.00 bits per heavy atom. The summed E-state index contributed by atoms with van der Waals surface area (Å²) in [5.41, 5.74) is 1.48. The first-order chi connectivity index (χ1) is 8.99. The molecule has 0 aromatic rings. The van der Waals surface area contributed by atoms with Gasteiger partial charge in [-0.1, -0.05) is 25.8 Å². The average molecular weight is 260 g/mol. The second-order valence-electron chi connectivity index (χ2n) is 7.35. The Morgan fingerprint density at radius 3 is 2.74 bits per heavy atom. The first-order valence-electron chi connectivity index (χ1n) is 7.69. The van der Waals surface area contributed by atoms with Gasteiger partial charge in [0.05, 0.1) is 0 Å². The predicted octanol–water partition coefficient (Wildman–Crippen LogP) is 3.70. The van der Waals surface area contributed by atoms with Crippen molar-refractivity contribution in [3.63, 3.8) is 0 Å². The molecule has 0 N–H and O–H groups in total. The van der Waals surface area contributed by atoms with Crippen LogP contribution in [0.5, 0.6) is 0 Å². The largest absolute Gasteiger partial charge is 0.303 e. The van der Waals surface area contributed by atoms with Crippen molar-refractivity contribution < 1.29 is 9.59 Å². The van der Waals surface area contributed by atoms with Crippen LogP contribution in [-0.2, 0) is 9.59 Å². The topological polar surface area (TPSA) is 34.1 Å². The smallest absolute Gasteiger partial charge is 0.155 e. The highest BCUT2D eigenvalue weighted by molar-refractivity contribution is 5.91. The summed E-state index contributed by atoms with van der Waals surface area (Å²) in [6, 6.07) is 0. The summed E-state index contributed by atoms with van der Waals surface area (Å²) in [4.78, 5) is 23.3. The van der Waals surface area contributed by atoms with E-state index < -0.39 is 0 Å². The van der Waals surface area contributed by atoms with Crippen molar-refractivity contribution >= 4 is 12.1 Å². The molecule has 2 nitrogen and oxygen atoms in total. The fraction of sp³-hybridized carbons (Fsp3) is 0.765. The van der Waals surface area contributed by atoms with Gasteiger partial charge in [-0.15, -0.1) is 0 Å². The second kappa shape index (κ2) is 4.29. The molecule has 0 aliphatic heterocycles. The molecule has 0 bridgehead atoms. The third-order valence-corrected chi connectivity index (χ3v) is 6.28. The molecule has 0 spiro atoms. The third-order valence-electron chi connectivity index (χ3n) is 6.28. The van der Waals surface area contributed by atoms with Crippen LogP contribution in [0.2, 0.25) is 0 Å². The normalized spacial score (nSPS) is 46.0. The van der Waals surface area contributed by atoms with Gasteiger partial charge in [0.2, 0.25) is 0 Å². The van der Waals surface area contributed by atoms with Gasteiger partial charge in [0.15, 0.2) is 5.78 Å². The van der Waals surface area contributed by atoms with E-state index in [1.165, 1.54) is 18.3 Å². The van der Waals surface area contributed by atoms with Crippen molar-refractivity contribution in [1.82, 2.24) is 0 Å². The molecule has 0 unspecified atom stereocenters. The van der Waals surface area contributed by atoms with Crippen LogP contribution in [-0.4, -0.2) is 12.1 Å². The molecular formula is C17H24O2. The predicted molar refractivity (Wildman–Crippen MR) is 74.7 cm³/mol. The van der Waals surface area contributed by atoms with Crippen molar-refractivity contribution in [1.29, 1.82) is 0 Å². The van der Waals surface area contributed by atoms with Crippen molar-refractivity contribution in [3.05, 3.63) is 11.6 Å². The lowest BCUT2D eigenvalue weighted by atomic mass is 9.46. The number of hydrogen-bond donors (Lipinski definition) is 0. The van der Waals surface area contributed by atoms with E-state index in [9.17, 15) is 9.59 Å². The molecule has 3 aliphatic carbocycles. The van der Waals surface area contributed by atoms with Gasteiger partial charge in [-0.05, 0) is 55.4 Å². The molecule has 3 rings (SSSR count). The van der Waals surface area contributed by atoms with E-state index in [1.54, 1.807) is 0 Å². The zero-order chi connectivity index (χ0) is 13.7. The van der Waals surface area contributed by atoms with Crippen molar-refractivity contribution in [2.45, 2.75) is 58.8 Å². The van der Waals surface area contributed by atoms with Gasteiger partial charge < -0.3 is 4.79 Å². The summed E-state index contributed by atoms with van der Waals surface area (Å²) in [7, 11) is 0. The first kappa shape index (κ1) is 13.1. The van der Waals surface area contributed by atoms with Gasteiger partial charge in [-0.3, -0.25) is 4.79 Å². The SMILES string of the molecule is C[C@]12CCC[C@@](C)(C=O)[C@@H]1CCC1=CC(=O)CC[C@@H]12. The zero-order valence-electron chi connectivity index (χ0n) is 12.1. The Hall–Kier alpha value is -0.920. The van der Waals surface area contributed by atoms with Crippen molar-refractivity contribution in [3.8, 4) is 0 Å². The molecule has 2 fully saturated rings. The molecule has 0 saturated heterocycles. The minimum atomic E-state index is -0.139. The Labute approximate surface area is 115 Å². The molecule has 3 aliphatic rings. The first-order valence-corrected chi connectivity index (χ1v) is 7.69. The lowest BCUT2D eigenvalue weighted by Crippen LogP contribution is -2.51. The van der Waals surface area contributed by atoms with Crippen LogP contribution in [0.15, 0.2) is 11.6 Å². The van der Waals surface area contributed by atoms with Gasteiger partial charge in [0.1, 0.15) is 6.29 Å². The summed E-state index contributed by atoms with van der Waals surface area (Å²) >= 11 is 0. The van der Waals surface area contributed by atoms with Gasteiger partial charge in [0.25, 0.3) is 0 Å². The number of ketones is 1. The molecule has 0 radical (unpaired) electrons. The quantitative estimate of drug-likeness (QED) is 0.674. The number of aldehydes is 1. The van der Waals surface area contributed by atoms with E-state index >= 15 is 0 Å². The summed E-state index contributed by atoms with van der Waals surface area (Å²) in [5, 5.41) is 0. The van der Waals surface area contributed by atoms with Crippen molar-refractivity contribution in [2.75, 3.05) is 0 Å². The third kappa shape index (κ3) is 1.83. The van der Waals surface area contributed by atoms with Crippen LogP contribution in [0, 0.1) is 22.7 Å². The number of carbonyl (C=O) groups is 2. The van der Waals surface area contributed by atoms with Crippen LogP contribution in [0.3, 0.4) is 0 Å². The number of allylic oxidation sites excluding steroid dienone is 2. The summed E-state index contributed by atoms with van der Waals surface area (Å²) < 4.78 is 0. The summed E-state index contributed by atoms with van der Waals surface area (Å²) in [6.45, 7) is 4.54. The molecule has 19 heavy (non-hydrogen) atoms. The Balaban J connectivity index is 2.00. The standard InChI is InChI=1S/C17H24O2/c1-16(11-18)8-3-9-17(2)14-6-5-13(19)10-12(14)4-7-15(16)17/h10-11,14-15H,3-9H2,1-2H3/t14-,15-,16-,17+/m0/s1. The molecular weight excluding hydrogens is 236 g/mol. The lowest BCUT2D eigenvalue weighted by molar-refractivity contribution is -0.132. The maximum Gasteiger partial charge on any atom is 0.155 e. The molecule has 0 heterocycles. The Morgan fingerprint density at radius 1 is 1.21 bits per heavy atom. The lowest BCUT2D eigenvalue weighted by Gasteiger charge is -2.57. The molecule has 2 saturated carbocycles. The molecule has 2 heteroatoms. The minimum Gasteiger partial charge on any atom is -0.303 e. The van der Waals surface area contributed by atoms with Crippen molar-refractivity contribution in [2.24, 2.45) is 22.7 Å². The highest BCUT2D eigenvalue weighted by Gasteiger charge is 2.55. The zero-order valence-corrected chi connectivity index (χ0v) is 12.1. The van der Waals surface area contributed by atoms with Gasteiger partial charge >= 0.3 is 0 Å². The van der Waals surface area contributed by atoms with Gasteiger partial charge in [-0.2, -0.15) is 0 Å². The van der Waals surface area contributed by atoms with Crippen LogP contribution in [0.4, 0.5) is 0 Å². The van der Waals surface area contributed by atoms with Crippen LogP contribution in [0.25, 0.3) is 0 Å². The maximum absolute atomic E-state index is 11.6. The monoisotopic (exact) mass is 260 g/mol. The Kier molecular flexibility index (Phi) is 2.95.